The molecule has 0 aliphatic carbocycles. The number of aliphatic hydroxyl groups excluding tert-OH is 2. The zero-order valence-electron chi connectivity index (χ0n) is 15.4. The zero-order valence-corrected chi connectivity index (χ0v) is 15.4. The SMILES string of the molecule is O=C(O)C[C@@H](CO)NC(=O)CNC(=O)c1cc(O)cc(NC2=NCC(O)CN2)c1. The third-order valence-corrected chi connectivity index (χ3v) is 3.82. The lowest BCUT2D eigenvalue weighted by Gasteiger charge is -2.20. The number of benzene rings is 1. The number of β-amino-alcohol motifs (C(OH)–C–C–N with tert-alkyl or cyclic N) is 1. The number of carbonyl (C=O) groups is 3. The van der Waals surface area contributed by atoms with Crippen molar-refractivity contribution in [3.63, 3.8) is 0 Å². The normalized spacial score (nSPS) is 16.8. The summed E-state index contributed by atoms with van der Waals surface area (Å²) in [6.45, 7) is -0.473. The summed E-state index contributed by atoms with van der Waals surface area (Å²) in [4.78, 5) is 38.8. The number of hydrogen-bond acceptors (Lipinski definition) is 9. The van der Waals surface area contributed by atoms with Gasteiger partial charge in [-0.1, -0.05) is 0 Å². The number of anilines is 1. The number of amides is 2. The van der Waals surface area contributed by atoms with E-state index in [1.165, 1.54) is 18.2 Å². The summed E-state index contributed by atoms with van der Waals surface area (Å²) in [5, 5.41) is 47.4. The number of aromatic hydroxyl groups is 1. The molecule has 8 N–H and O–H groups in total. The molecular formula is C17H23N5O7. The van der Waals surface area contributed by atoms with Crippen LogP contribution in [0.3, 0.4) is 0 Å². The summed E-state index contributed by atoms with van der Waals surface area (Å²) in [6.07, 6.45) is -1.04. The van der Waals surface area contributed by atoms with Crippen molar-refractivity contribution in [3.8, 4) is 5.75 Å². The van der Waals surface area contributed by atoms with E-state index in [9.17, 15) is 24.6 Å². The van der Waals surface area contributed by atoms with Crippen molar-refractivity contribution < 1.29 is 34.8 Å². The standard InChI is InChI=1S/C17H23N5O7/c23-8-11(4-15(27)28)21-14(26)7-18-16(29)9-1-10(3-12(24)2-9)22-17-19-5-13(25)6-20-17/h1-3,11,13,23-25H,4-8H2,(H,18,29)(H,21,26)(H,27,28)(H2,19,20,22)/t11-/m0/s1. The predicted molar refractivity (Wildman–Crippen MR) is 102 cm³/mol. The summed E-state index contributed by atoms with van der Waals surface area (Å²) in [7, 11) is 0. The minimum atomic E-state index is -1.18. The Morgan fingerprint density at radius 3 is 2.66 bits per heavy atom. The Hall–Kier alpha value is -3.38. The van der Waals surface area contributed by atoms with Gasteiger partial charge in [0.25, 0.3) is 5.91 Å². The maximum atomic E-state index is 12.3. The van der Waals surface area contributed by atoms with Gasteiger partial charge >= 0.3 is 5.97 Å². The summed E-state index contributed by atoms with van der Waals surface area (Å²) in [5.41, 5.74) is 0.435. The van der Waals surface area contributed by atoms with Crippen LogP contribution < -0.4 is 21.3 Å². The van der Waals surface area contributed by atoms with Gasteiger partial charge in [0.15, 0.2) is 5.96 Å². The van der Waals surface area contributed by atoms with Crippen LogP contribution in [0.4, 0.5) is 5.69 Å². The van der Waals surface area contributed by atoms with E-state index in [0.29, 0.717) is 18.2 Å². The molecule has 1 aromatic carbocycles. The molecule has 12 nitrogen and oxygen atoms in total. The van der Waals surface area contributed by atoms with Gasteiger partial charge in [0, 0.05) is 23.9 Å². The molecule has 158 valence electrons. The van der Waals surface area contributed by atoms with Crippen molar-refractivity contribution in [1.82, 2.24) is 16.0 Å². The first kappa shape index (κ1) is 21.9. The van der Waals surface area contributed by atoms with Crippen LogP contribution in [0.25, 0.3) is 0 Å². The molecule has 0 bridgehead atoms. The van der Waals surface area contributed by atoms with Gasteiger partial charge in [0.2, 0.25) is 5.91 Å². The summed E-state index contributed by atoms with van der Waals surface area (Å²) in [6, 6.07) is 3.05. The molecule has 0 saturated carbocycles. The highest BCUT2D eigenvalue weighted by molar-refractivity contribution is 6.00. The van der Waals surface area contributed by atoms with E-state index in [2.05, 4.69) is 26.3 Å². The zero-order chi connectivity index (χ0) is 21.4. The highest BCUT2D eigenvalue weighted by Gasteiger charge is 2.17. The minimum absolute atomic E-state index is 0.0704. The highest BCUT2D eigenvalue weighted by Crippen LogP contribution is 2.20. The topological polar surface area (TPSA) is 193 Å². The molecule has 1 unspecified atom stereocenters. The molecule has 1 aliphatic rings. The summed E-state index contributed by atoms with van der Waals surface area (Å²) in [5.74, 6) is -2.31. The first-order valence-corrected chi connectivity index (χ1v) is 8.74. The van der Waals surface area contributed by atoms with E-state index in [1.54, 1.807) is 0 Å². The van der Waals surface area contributed by atoms with E-state index < -0.39 is 49.5 Å². The Kier molecular flexibility index (Phi) is 7.74. The van der Waals surface area contributed by atoms with Gasteiger partial charge in [-0.05, 0) is 12.1 Å². The van der Waals surface area contributed by atoms with Crippen molar-refractivity contribution in [1.29, 1.82) is 0 Å². The largest absolute Gasteiger partial charge is 0.508 e. The van der Waals surface area contributed by atoms with Crippen LogP contribution in [0.2, 0.25) is 0 Å². The van der Waals surface area contributed by atoms with Crippen LogP contribution in [-0.4, -0.2) is 82.6 Å². The molecule has 0 spiro atoms. The maximum absolute atomic E-state index is 12.3. The fourth-order valence-corrected chi connectivity index (χ4v) is 2.48. The van der Waals surface area contributed by atoms with Crippen molar-refractivity contribution >= 4 is 29.4 Å². The second-order valence-electron chi connectivity index (χ2n) is 6.35. The molecule has 0 radical (unpaired) electrons. The molecule has 29 heavy (non-hydrogen) atoms. The monoisotopic (exact) mass is 409 g/mol. The van der Waals surface area contributed by atoms with E-state index in [0.717, 1.165) is 0 Å². The molecule has 0 aromatic heterocycles. The molecule has 1 aromatic rings. The van der Waals surface area contributed by atoms with Crippen LogP contribution in [0.5, 0.6) is 5.75 Å². The smallest absolute Gasteiger partial charge is 0.305 e. The van der Waals surface area contributed by atoms with Crippen LogP contribution in [-0.2, 0) is 9.59 Å². The fourth-order valence-electron chi connectivity index (χ4n) is 2.48. The number of nitrogens with one attached hydrogen (secondary N) is 4. The second-order valence-corrected chi connectivity index (χ2v) is 6.35. The number of rotatable bonds is 8. The van der Waals surface area contributed by atoms with Crippen molar-refractivity contribution in [2.75, 3.05) is 31.6 Å². The van der Waals surface area contributed by atoms with Crippen LogP contribution in [0.15, 0.2) is 23.2 Å². The van der Waals surface area contributed by atoms with Gasteiger partial charge in [-0.3, -0.25) is 19.4 Å². The first-order valence-electron chi connectivity index (χ1n) is 8.74. The number of phenols is 1. The molecule has 1 aliphatic heterocycles. The number of carboxylic acid groups (broad SMARTS) is 1. The number of guanidine groups is 1. The number of nitrogens with zero attached hydrogens (tertiary/aromatic N) is 1. The lowest BCUT2D eigenvalue weighted by molar-refractivity contribution is -0.138. The molecule has 1 heterocycles. The van der Waals surface area contributed by atoms with E-state index in [4.69, 9.17) is 10.2 Å². The third-order valence-electron chi connectivity index (χ3n) is 3.82. The lowest BCUT2D eigenvalue weighted by Crippen LogP contribution is -2.44. The minimum Gasteiger partial charge on any atom is -0.508 e. The third kappa shape index (κ3) is 7.27. The van der Waals surface area contributed by atoms with Crippen molar-refractivity contribution in [2.45, 2.75) is 18.6 Å². The molecular weight excluding hydrogens is 386 g/mol. The average molecular weight is 409 g/mol. The number of aliphatic imine (C=N–C) groups is 1. The number of phenolic OH excluding ortho intramolecular Hbond substituents is 1. The Bertz CT molecular complexity index is 798. The van der Waals surface area contributed by atoms with Crippen LogP contribution >= 0.6 is 0 Å². The summed E-state index contributed by atoms with van der Waals surface area (Å²) < 4.78 is 0. The van der Waals surface area contributed by atoms with E-state index in [1.807, 2.05) is 0 Å². The molecule has 0 saturated heterocycles. The lowest BCUT2D eigenvalue weighted by atomic mass is 10.1. The fraction of sp³-hybridized carbons (Fsp3) is 0.412. The average Bonchev–Trinajstić information content (AvgIpc) is 2.66. The first-order chi connectivity index (χ1) is 13.8. The van der Waals surface area contributed by atoms with E-state index >= 15 is 0 Å². The number of carbonyl (C=O) groups excluding carboxylic acids is 2. The predicted octanol–water partition coefficient (Wildman–Crippen LogP) is -2.19. The van der Waals surface area contributed by atoms with Crippen LogP contribution in [0.1, 0.15) is 16.8 Å². The van der Waals surface area contributed by atoms with Crippen molar-refractivity contribution in [2.24, 2.45) is 4.99 Å². The van der Waals surface area contributed by atoms with Gasteiger partial charge in [-0.2, -0.15) is 0 Å². The molecule has 2 rings (SSSR count). The van der Waals surface area contributed by atoms with Gasteiger partial charge < -0.3 is 41.7 Å². The highest BCUT2D eigenvalue weighted by atomic mass is 16.4. The van der Waals surface area contributed by atoms with Crippen LogP contribution in [0, 0.1) is 0 Å². The number of aliphatic hydroxyl groups is 2. The molecule has 12 heteroatoms. The molecule has 0 fully saturated rings. The second kappa shape index (κ2) is 10.2. The quantitative estimate of drug-likeness (QED) is 0.235. The van der Waals surface area contributed by atoms with Gasteiger partial charge in [0.1, 0.15) is 5.75 Å². The Morgan fingerprint density at radius 1 is 1.28 bits per heavy atom. The van der Waals surface area contributed by atoms with Gasteiger partial charge in [-0.25, -0.2) is 0 Å². The number of hydrogen-bond donors (Lipinski definition) is 8. The van der Waals surface area contributed by atoms with Gasteiger partial charge in [0.05, 0.1) is 38.3 Å². The summed E-state index contributed by atoms with van der Waals surface area (Å²) >= 11 is 0. The number of aliphatic carboxylic acids is 1. The Labute approximate surface area is 165 Å². The molecule has 2 amide bonds. The van der Waals surface area contributed by atoms with Crippen molar-refractivity contribution in [3.05, 3.63) is 23.8 Å². The number of carboxylic acids is 1. The Morgan fingerprint density at radius 2 is 2.03 bits per heavy atom. The Balaban J connectivity index is 1.94. The molecule has 2 atom stereocenters. The van der Waals surface area contributed by atoms with Gasteiger partial charge in [-0.15, -0.1) is 0 Å². The maximum Gasteiger partial charge on any atom is 0.305 e. The van der Waals surface area contributed by atoms with E-state index in [-0.39, 0.29) is 17.9 Å².